The molecule has 0 heterocycles. The molecule has 3 nitrogen and oxygen atoms in total. The van der Waals surface area contributed by atoms with Gasteiger partial charge in [0.05, 0.1) is 6.54 Å². The average Bonchev–Trinajstić information content (AvgIpc) is 2.55. The molecule has 2 rings (SSSR count). The van der Waals surface area contributed by atoms with Gasteiger partial charge in [-0.25, -0.2) is 4.99 Å². The zero-order valence-electron chi connectivity index (χ0n) is 13.5. The molecule has 0 aliphatic rings. The molecule has 5 heteroatoms. The van der Waals surface area contributed by atoms with Crippen molar-refractivity contribution in [3.8, 4) is 11.1 Å². The van der Waals surface area contributed by atoms with Crippen LogP contribution < -0.4 is 5.73 Å². The van der Waals surface area contributed by atoms with E-state index in [2.05, 4.69) is 31.0 Å². The number of halogens is 2. The first-order valence-corrected chi connectivity index (χ1v) is 7.92. The second-order valence-corrected chi connectivity index (χ2v) is 5.45. The summed E-state index contributed by atoms with van der Waals surface area (Å²) in [5, 5.41) is 0.741. The maximum Gasteiger partial charge on any atom is 0.191 e. The Balaban J connectivity index is 0.00000264. The zero-order valence-corrected chi connectivity index (χ0v) is 16.6. The summed E-state index contributed by atoms with van der Waals surface area (Å²) in [6.07, 6.45) is 0. The summed E-state index contributed by atoms with van der Waals surface area (Å²) in [7, 11) is 0. The first-order valence-electron chi connectivity index (χ1n) is 7.54. The quantitative estimate of drug-likeness (QED) is 0.410. The van der Waals surface area contributed by atoms with Gasteiger partial charge in [0.1, 0.15) is 0 Å². The smallest absolute Gasteiger partial charge is 0.191 e. The summed E-state index contributed by atoms with van der Waals surface area (Å²) in [5.41, 5.74) is 9.50. The lowest BCUT2D eigenvalue weighted by atomic mass is 10.00. The molecule has 0 fully saturated rings. The van der Waals surface area contributed by atoms with Crippen molar-refractivity contribution < 1.29 is 0 Å². The number of nitrogens with two attached hydrogens (primary N) is 1. The first kappa shape index (κ1) is 19.8. The number of rotatable bonds is 5. The van der Waals surface area contributed by atoms with Crippen LogP contribution in [-0.2, 0) is 6.54 Å². The van der Waals surface area contributed by atoms with Gasteiger partial charge in [0, 0.05) is 18.1 Å². The fraction of sp³-hybridized carbons (Fsp3) is 0.278. The number of nitrogens with zero attached hydrogens (tertiary/aromatic N) is 2. The van der Waals surface area contributed by atoms with E-state index in [1.807, 2.05) is 41.3 Å². The summed E-state index contributed by atoms with van der Waals surface area (Å²) in [5.74, 6) is 0.593. The van der Waals surface area contributed by atoms with Crippen LogP contribution in [0.5, 0.6) is 0 Å². The van der Waals surface area contributed by atoms with E-state index in [1.54, 1.807) is 0 Å². The molecule has 23 heavy (non-hydrogen) atoms. The lowest BCUT2D eigenvalue weighted by Gasteiger charge is -2.19. The van der Waals surface area contributed by atoms with E-state index in [0.717, 1.165) is 34.8 Å². The van der Waals surface area contributed by atoms with Gasteiger partial charge in [-0.2, -0.15) is 0 Å². The van der Waals surface area contributed by atoms with Crippen LogP contribution >= 0.6 is 35.6 Å². The third-order valence-corrected chi connectivity index (χ3v) is 3.92. The number of hydrogen-bond acceptors (Lipinski definition) is 1. The van der Waals surface area contributed by atoms with Gasteiger partial charge in [0.15, 0.2) is 5.96 Å². The summed E-state index contributed by atoms with van der Waals surface area (Å²) < 4.78 is 0. The maximum atomic E-state index is 6.05. The van der Waals surface area contributed by atoms with E-state index in [4.69, 9.17) is 17.3 Å². The van der Waals surface area contributed by atoms with Crippen LogP contribution in [0.25, 0.3) is 11.1 Å². The number of hydrogen-bond donors (Lipinski definition) is 1. The molecular formula is C18H23ClIN3. The predicted molar refractivity (Wildman–Crippen MR) is 111 cm³/mol. The molecule has 0 aliphatic heterocycles. The molecule has 124 valence electrons. The highest BCUT2D eigenvalue weighted by molar-refractivity contribution is 14.0. The summed E-state index contributed by atoms with van der Waals surface area (Å²) in [6.45, 7) is 6.46. The molecular weight excluding hydrogens is 421 g/mol. The fourth-order valence-corrected chi connectivity index (χ4v) is 2.51. The summed E-state index contributed by atoms with van der Waals surface area (Å²) in [4.78, 5) is 6.58. The maximum absolute atomic E-state index is 6.05. The minimum absolute atomic E-state index is 0. The topological polar surface area (TPSA) is 41.6 Å². The highest BCUT2D eigenvalue weighted by Gasteiger charge is 2.06. The molecule has 2 aromatic carbocycles. The average molecular weight is 444 g/mol. The van der Waals surface area contributed by atoms with Gasteiger partial charge in [-0.05, 0) is 42.7 Å². The van der Waals surface area contributed by atoms with Gasteiger partial charge in [-0.15, -0.1) is 24.0 Å². The lowest BCUT2D eigenvalue weighted by molar-refractivity contribution is 0.458. The molecule has 2 N–H and O–H groups in total. The van der Waals surface area contributed by atoms with E-state index in [1.165, 1.54) is 0 Å². The van der Waals surface area contributed by atoms with Crippen molar-refractivity contribution in [2.45, 2.75) is 20.4 Å². The lowest BCUT2D eigenvalue weighted by Crippen LogP contribution is -2.37. The second-order valence-electron chi connectivity index (χ2n) is 5.01. The van der Waals surface area contributed by atoms with Crippen LogP contribution in [0.2, 0.25) is 5.02 Å². The van der Waals surface area contributed by atoms with Crippen LogP contribution in [0.3, 0.4) is 0 Å². The molecule has 0 aliphatic carbocycles. The highest BCUT2D eigenvalue weighted by Crippen LogP contribution is 2.25. The zero-order chi connectivity index (χ0) is 15.9. The van der Waals surface area contributed by atoms with E-state index >= 15 is 0 Å². The normalized spacial score (nSPS) is 11.0. The van der Waals surface area contributed by atoms with Crippen molar-refractivity contribution in [2.24, 2.45) is 10.7 Å². The summed E-state index contributed by atoms with van der Waals surface area (Å²) in [6, 6.07) is 16.1. The third-order valence-electron chi connectivity index (χ3n) is 3.67. The second kappa shape index (κ2) is 9.78. The molecule has 0 unspecified atom stereocenters. The molecule has 2 aromatic rings. The molecule has 0 aromatic heterocycles. The Morgan fingerprint density at radius 2 is 1.65 bits per heavy atom. The number of guanidine groups is 1. The van der Waals surface area contributed by atoms with Gasteiger partial charge >= 0.3 is 0 Å². The summed E-state index contributed by atoms with van der Waals surface area (Å²) >= 11 is 5.96. The van der Waals surface area contributed by atoms with Gasteiger partial charge in [0.2, 0.25) is 0 Å². The highest BCUT2D eigenvalue weighted by atomic mass is 127. The third kappa shape index (κ3) is 5.39. The fourth-order valence-electron chi connectivity index (χ4n) is 2.38. The van der Waals surface area contributed by atoms with Gasteiger partial charge in [-0.3, -0.25) is 0 Å². The molecule has 0 radical (unpaired) electrons. The van der Waals surface area contributed by atoms with E-state index in [0.29, 0.717) is 12.5 Å². The van der Waals surface area contributed by atoms with Crippen molar-refractivity contribution in [3.63, 3.8) is 0 Å². The molecule has 0 spiro atoms. The first-order chi connectivity index (χ1) is 10.7. The van der Waals surface area contributed by atoms with E-state index in [-0.39, 0.29) is 24.0 Å². The number of aliphatic imine (C=N–C) groups is 1. The van der Waals surface area contributed by atoms with E-state index < -0.39 is 0 Å². The monoisotopic (exact) mass is 443 g/mol. The van der Waals surface area contributed by atoms with Crippen LogP contribution in [-0.4, -0.2) is 23.9 Å². The van der Waals surface area contributed by atoms with Crippen LogP contribution in [0.1, 0.15) is 19.4 Å². The molecule has 0 saturated carbocycles. The Kier molecular flexibility index (Phi) is 8.41. The van der Waals surface area contributed by atoms with Gasteiger partial charge in [-0.1, -0.05) is 48.0 Å². The van der Waals surface area contributed by atoms with Crippen LogP contribution in [0, 0.1) is 0 Å². The molecule has 0 saturated heterocycles. The van der Waals surface area contributed by atoms with Crippen molar-refractivity contribution in [1.82, 2.24) is 4.90 Å². The minimum Gasteiger partial charge on any atom is -0.370 e. The predicted octanol–water partition coefficient (Wildman–Crippen LogP) is 4.78. The minimum atomic E-state index is 0. The Morgan fingerprint density at radius 3 is 2.26 bits per heavy atom. The Morgan fingerprint density at radius 1 is 1.04 bits per heavy atom. The Labute approximate surface area is 160 Å². The van der Waals surface area contributed by atoms with Crippen LogP contribution in [0.15, 0.2) is 53.5 Å². The van der Waals surface area contributed by atoms with Crippen molar-refractivity contribution in [1.29, 1.82) is 0 Å². The molecule has 0 bridgehead atoms. The Hall–Kier alpha value is -1.27. The SMILES string of the molecule is CCN(CC)C(N)=NCc1ccccc1-c1ccc(Cl)cc1.I. The Bertz CT molecular complexity index is 637. The van der Waals surface area contributed by atoms with Gasteiger partial charge < -0.3 is 10.6 Å². The van der Waals surface area contributed by atoms with Gasteiger partial charge in [0.25, 0.3) is 0 Å². The largest absolute Gasteiger partial charge is 0.370 e. The standard InChI is InChI=1S/C18H22ClN3.HI/c1-3-22(4-2)18(20)21-13-15-7-5-6-8-17(15)14-9-11-16(19)12-10-14;/h5-12H,3-4,13H2,1-2H3,(H2,20,21);1H. The molecule has 0 amide bonds. The van der Waals surface area contributed by atoms with E-state index in [9.17, 15) is 0 Å². The van der Waals surface area contributed by atoms with Crippen LogP contribution in [0.4, 0.5) is 0 Å². The molecule has 0 atom stereocenters. The van der Waals surface area contributed by atoms with Crippen molar-refractivity contribution in [2.75, 3.05) is 13.1 Å². The van der Waals surface area contributed by atoms with Crippen molar-refractivity contribution >= 4 is 41.5 Å². The van der Waals surface area contributed by atoms with Crippen molar-refractivity contribution in [3.05, 3.63) is 59.1 Å². The number of benzene rings is 2.